The van der Waals surface area contributed by atoms with E-state index in [9.17, 15) is 4.79 Å². The summed E-state index contributed by atoms with van der Waals surface area (Å²) in [6.45, 7) is 0.498. The Kier molecular flexibility index (Phi) is 5.38. The molecule has 0 aromatic heterocycles. The Hall–Kier alpha value is -2.07. The molecule has 0 radical (unpaired) electrons. The molecular weight excluding hydrogens is 316 g/mol. The van der Waals surface area contributed by atoms with Crippen LogP contribution in [0, 0.1) is 0 Å². The van der Waals surface area contributed by atoms with E-state index in [1.54, 1.807) is 6.20 Å². The second kappa shape index (κ2) is 7.50. The van der Waals surface area contributed by atoms with Crippen LogP contribution in [0.2, 0.25) is 0 Å². The van der Waals surface area contributed by atoms with Crippen molar-refractivity contribution in [1.29, 1.82) is 0 Å². The van der Waals surface area contributed by atoms with Crippen LogP contribution in [0.4, 0.5) is 4.79 Å². The molecule has 0 saturated heterocycles. The van der Waals surface area contributed by atoms with Gasteiger partial charge in [-0.1, -0.05) is 58.4 Å². The van der Waals surface area contributed by atoms with Crippen molar-refractivity contribution >= 4 is 28.0 Å². The highest BCUT2D eigenvalue weighted by Gasteiger charge is 1.97. The van der Waals surface area contributed by atoms with Crippen molar-refractivity contribution in [3.8, 4) is 0 Å². The molecule has 0 aliphatic rings. The Balaban J connectivity index is 1.76. The highest BCUT2D eigenvalue weighted by atomic mass is 79.9. The van der Waals surface area contributed by atoms with Crippen LogP contribution < -0.4 is 10.6 Å². The lowest BCUT2D eigenvalue weighted by Gasteiger charge is -2.04. The van der Waals surface area contributed by atoms with Crippen LogP contribution in [-0.2, 0) is 6.54 Å². The topological polar surface area (TPSA) is 41.1 Å². The minimum atomic E-state index is -0.222. The van der Waals surface area contributed by atoms with E-state index in [2.05, 4.69) is 26.6 Å². The van der Waals surface area contributed by atoms with Gasteiger partial charge in [0, 0.05) is 17.2 Å². The number of benzene rings is 2. The van der Waals surface area contributed by atoms with E-state index in [4.69, 9.17) is 0 Å². The molecule has 2 N–H and O–H groups in total. The largest absolute Gasteiger partial charge is 0.334 e. The second-order valence-corrected chi connectivity index (χ2v) is 5.11. The van der Waals surface area contributed by atoms with Gasteiger partial charge in [-0.3, -0.25) is 0 Å². The van der Waals surface area contributed by atoms with Gasteiger partial charge < -0.3 is 10.6 Å². The first-order valence-electron chi connectivity index (χ1n) is 6.24. The highest BCUT2D eigenvalue weighted by Crippen LogP contribution is 2.10. The molecule has 3 nitrogen and oxygen atoms in total. The van der Waals surface area contributed by atoms with Crippen LogP contribution in [0.5, 0.6) is 0 Å². The van der Waals surface area contributed by atoms with Crippen LogP contribution in [0.1, 0.15) is 11.1 Å². The maximum Gasteiger partial charge on any atom is 0.319 e. The van der Waals surface area contributed by atoms with Gasteiger partial charge in [-0.15, -0.1) is 0 Å². The van der Waals surface area contributed by atoms with E-state index in [0.717, 1.165) is 15.6 Å². The van der Waals surface area contributed by atoms with E-state index < -0.39 is 0 Å². The van der Waals surface area contributed by atoms with Gasteiger partial charge in [0.1, 0.15) is 0 Å². The fraction of sp³-hybridized carbons (Fsp3) is 0.0625. The van der Waals surface area contributed by atoms with Gasteiger partial charge in [0.2, 0.25) is 0 Å². The average molecular weight is 331 g/mol. The summed E-state index contributed by atoms with van der Waals surface area (Å²) in [5.41, 5.74) is 2.09. The van der Waals surface area contributed by atoms with Crippen molar-refractivity contribution in [1.82, 2.24) is 10.6 Å². The van der Waals surface area contributed by atoms with Gasteiger partial charge in [-0.25, -0.2) is 4.79 Å². The summed E-state index contributed by atoms with van der Waals surface area (Å²) in [5, 5.41) is 5.46. The minimum absolute atomic E-state index is 0.222. The summed E-state index contributed by atoms with van der Waals surface area (Å²) in [6.07, 6.45) is 3.48. The first kappa shape index (κ1) is 14.3. The van der Waals surface area contributed by atoms with Crippen LogP contribution in [0.15, 0.2) is 65.3 Å². The zero-order valence-corrected chi connectivity index (χ0v) is 12.4. The number of hydrogen-bond donors (Lipinski definition) is 2. The minimum Gasteiger partial charge on any atom is -0.334 e. The molecule has 2 rings (SSSR count). The molecule has 0 atom stereocenters. The third-order valence-corrected chi connectivity index (χ3v) is 3.18. The number of urea groups is 1. The fourth-order valence-corrected chi connectivity index (χ4v) is 1.88. The summed E-state index contributed by atoms with van der Waals surface area (Å²) in [6, 6.07) is 17.4. The quantitative estimate of drug-likeness (QED) is 0.876. The Morgan fingerprint density at radius 1 is 1.05 bits per heavy atom. The maximum absolute atomic E-state index is 11.6. The van der Waals surface area contributed by atoms with Gasteiger partial charge in [0.15, 0.2) is 0 Å². The number of nitrogens with one attached hydrogen (secondary N) is 2. The second-order valence-electron chi connectivity index (χ2n) is 4.20. The molecule has 0 bridgehead atoms. The van der Waals surface area contributed by atoms with Crippen LogP contribution in [-0.4, -0.2) is 6.03 Å². The zero-order chi connectivity index (χ0) is 14.2. The molecule has 0 heterocycles. The number of rotatable bonds is 4. The van der Waals surface area contributed by atoms with Crippen molar-refractivity contribution in [3.05, 3.63) is 76.4 Å². The van der Waals surface area contributed by atoms with E-state index >= 15 is 0 Å². The molecule has 2 aromatic carbocycles. The molecule has 2 amide bonds. The molecule has 0 aliphatic carbocycles. The van der Waals surface area contributed by atoms with Crippen LogP contribution in [0.25, 0.3) is 6.08 Å². The Morgan fingerprint density at radius 3 is 2.45 bits per heavy atom. The van der Waals surface area contributed by atoms with Gasteiger partial charge >= 0.3 is 6.03 Å². The Morgan fingerprint density at radius 2 is 1.75 bits per heavy atom. The SMILES string of the molecule is O=C(N/C=C/c1ccccc1)NCc1ccc(Br)cc1. The fourth-order valence-electron chi connectivity index (χ4n) is 1.61. The number of hydrogen-bond acceptors (Lipinski definition) is 1. The zero-order valence-electron chi connectivity index (χ0n) is 10.8. The molecule has 2 aromatic rings. The normalized spacial score (nSPS) is 10.4. The molecule has 102 valence electrons. The van der Waals surface area contributed by atoms with Gasteiger partial charge in [-0.2, -0.15) is 0 Å². The lowest BCUT2D eigenvalue weighted by atomic mass is 10.2. The Labute approximate surface area is 126 Å². The molecule has 0 fully saturated rings. The third kappa shape index (κ3) is 4.90. The summed E-state index contributed by atoms with van der Waals surface area (Å²) in [4.78, 5) is 11.6. The van der Waals surface area contributed by atoms with Crippen molar-refractivity contribution in [2.45, 2.75) is 6.54 Å². The molecule has 0 aliphatic heterocycles. The number of halogens is 1. The van der Waals surface area contributed by atoms with Crippen LogP contribution in [0.3, 0.4) is 0 Å². The molecule has 4 heteroatoms. The summed E-state index contributed by atoms with van der Waals surface area (Å²) in [7, 11) is 0. The van der Waals surface area contributed by atoms with Crippen molar-refractivity contribution in [2.75, 3.05) is 0 Å². The van der Waals surface area contributed by atoms with Crippen molar-refractivity contribution < 1.29 is 4.79 Å². The van der Waals surface area contributed by atoms with E-state index in [1.165, 1.54) is 0 Å². The van der Waals surface area contributed by atoms with Crippen molar-refractivity contribution in [3.63, 3.8) is 0 Å². The first-order chi connectivity index (χ1) is 9.74. The first-order valence-corrected chi connectivity index (χ1v) is 7.04. The monoisotopic (exact) mass is 330 g/mol. The molecule has 20 heavy (non-hydrogen) atoms. The highest BCUT2D eigenvalue weighted by molar-refractivity contribution is 9.10. The van der Waals surface area contributed by atoms with E-state index in [0.29, 0.717) is 6.54 Å². The Bertz CT molecular complexity index is 579. The number of amides is 2. The summed E-state index contributed by atoms with van der Waals surface area (Å²) >= 11 is 3.37. The maximum atomic E-state index is 11.6. The van der Waals surface area contributed by atoms with Crippen LogP contribution >= 0.6 is 15.9 Å². The van der Waals surface area contributed by atoms with E-state index in [-0.39, 0.29) is 6.03 Å². The molecule has 0 spiro atoms. The van der Waals surface area contributed by atoms with Crippen molar-refractivity contribution in [2.24, 2.45) is 0 Å². The average Bonchev–Trinajstić information content (AvgIpc) is 2.48. The third-order valence-electron chi connectivity index (χ3n) is 2.66. The predicted molar refractivity (Wildman–Crippen MR) is 85.0 cm³/mol. The van der Waals surface area contributed by atoms with Gasteiger partial charge in [-0.05, 0) is 29.3 Å². The predicted octanol–water partition coefficient (Wildman–Crippen LogP) is 3.92. The summed E-state index contributed by atoms with van der Waals surface area (Å²) < 4.78 is 1.02. The molecule has 0 saturated carbocycles. The standard InChI is InChI=1S/C16H15BrN2O/c17-15-8-6-14(7-9-15)12-19-16(20)18-11-10-13-4-2-1-3-5-13/h1-11H,12H2,(H2,18,19,20)/b11-10+. The summed E-state index contributed by atoms with van der Waals surface area (Å²) in [5.74, 6) is 0. The van der Waals surface area contributed by atoms with E-state index in [1.807, 2.05) is 60.7 Å². The van der Waals surface area contributed by atoms with Gasteiger partial charge in [0.25, 0.3) is 0 Å². The molecular formula is C16H15BrN2O. The molecule has 0 unspecified atom stereocenters. The number of carbonyl (C=O) groups is 1. The smallest absolute Gasteiger partial charge is 0.319 e. The van der Waals surface area contributed by atoms with Gasteiger partial charge in [0.05, 0.1) is 0 Å². The lowest BCUT2D eigenvalue weighted by Crippen LogP contribution is -2.31. The number of carbonyl (C=O) groups excluding carboxylic acids is 1. The lowest BCUT2D eigenvalue weighted by molar-refractivity contribution is 0.244.